The Kier molecular flexibility index (Phi) is 5.20. The second-order valence-corrected chi connectivity index (χ2v) is 11.6. The van der Waals surface area contributed by atoms with Crippen LogP contribution in [0.5, 0.6) is 0 Å². The molecule has 0 saturated heterocycles. The Bertz CT molecular complexity index is 934. The highest BCUT2D eigenvalue weighted by Crippen LogP contribution is 2.70. The fourth-order valence-corrected chi connectivity index (χ4v) is 7.99. The number of nitrogens with zero attached hydrogens (tertiary/aromatic N) is 1. The van der Waals surface area contributed by atoms with E-state index in [9.17, 15) is 25.0 Å². The molecule has 5 rings (SSSR count). The summed E-state index contributed by atoms with van der Waals surface area (Å²) in [6, 6.07) is 0. The quantitative estimate of drug-likeness (QED) is 0.539. The third kappa shape index (κ3) is 3.20. The molecule has 0 aromatic carbocycles. The van der Waals surface area contributed by atoms with E-state index in [-0.39, 0.29) is 25.0 Å². The minimum Gasteiger partial charge on any atom is -0.481 e. The zero-order valence-electron chi connectivity index (χ0n) is 19.1. The maximum Gasteiger partial charge on any atom is 0.307 e. The van der Waals surface area contributed by atoms with Gasteiger partial charge < -0.3 is 15.4 Å². The molecular formula is C25H33F2NO5. The molecule has 9 atom stereocenters. The Balaban J connectivity index is 1.52. The van der Waals surface area contributed by atoms with Gasteiger partial charge in [0.05, 0.1) is 12.0 Å². The van der Waals surface area contributed by atoms with E-state index in [0.29, 0.717) is 18.9 Å². The van der Waals surface area contributed by atoms with Crippen LogP contribution in [-0.2, 0) is 9.59 Å². The molecule has 0 aromatic rings. The molecule has 4 fully saturated rings. The number of aliphatic hydroxyl groups is 1. The molecule has 1 unspecified atom stereocenters. The van der Waals surface area contributed by atoms with Gasteiger partial charge in [0.15, 0.2) is 11.5 Å². The standard InChI is InChI=1S/C25H33F2NO5/c1-23-10-20(30)25(27)17(9-19(26)18-8-15(29)5-6-24(18,25)2)16(23)7-14(21(23)22(31)32)12-28(33)11-13-3-4-13/h5-6,8,13-14,16-17,19-21,30,33H,3-4,7,9-12H2,1-2H3,(H,31,32)/t14-,16?,17-,19-,20-,21+,23-,24-,25-/m0/s1. The number of carbonyl (C=O) groups excluding carboxylic acids is 1. The first-order valence-electron chi connectivity index (χ1n) is 12.0. The number of rotatable bonds is 5. The van der Waals surface area contributed by atoms with Crippen LogP contribution in [0.3, 0.4) is 0 Å². The number of aliphatic carboxylic acids is 1. The highest BCUT2D eigenvalue weighted by molar-refractivity contribution is 6.01. The minimum atomic E-state index is -2.21. The van der Waals surface area contributed by atoms with Gasteiger partial charge in [0, 0.05) is 24.4 Å². The van der Waals surface area contributed by atoms with Gasteiger partial charge in [-0.05, 0) is 79.9 Å². The first-order chi connectivity index (χ1) is 15.4. The maximum atomic E-state index is 17.1. The number of carbonyl (C=O) groups is 2. The van der Waals surface area contributed by atoms with E-state index in [1.807, 2.05) is 0 Å². The van der Waals surface area contributed by atoms with Crippen LogP contribution >= 0.6 is 0 Å². The van der Waals surface area contributed by atoms with E-state index in [0.717, 1.165) is 18.9 Å². The van der Waals surface area contributed by atoms with Crippen LogP contribution in [-0.4, -0.2) is 63.3 Å². The molecule has 5 aliphatic rings. The Morgan fingerprint density at radius 3 is 2.55 bits per heavy atom. The lowest BCUT2D eigenvalue weighted by Gasteiger charge is -2.62. The van der Waals surface area contributed by atoms with Crippen molar-refractivity contribution in [3.63, 3.8) is 0 Å². The molecule has 8 heteroatoms. The van der Waals surface area contributed by atoms with E-state index in [1.54, 1.807) is 13.8 Å². The maximum absolute atomic E-state index is 17.1. The molecule has 33 heavy (non-hydrogen) atoms. The average Bonchev–Trinajstić information content (AvgIpc) is 3.47. The van der Waals surface area contributed by atoms with Crippen LogP contribution in [0.1, 0.15) is 46.0 Å². The van der Waals surface area contributed by atoms with Crippen molar-refractivity contribution in [3.05, 3.63) is 23.8 Å². The Morgan fingerprint density at radius 2 is 1.91 bits per heavy atom. The molecule has 0 aromatic heterocycles. The number of alkyl halides is 2. The minimum absolute atomic E-state index is 0.0617. The number of aliphatic hydroxyl groups excluding tert-OH is 1. The van der Waals surface area contributed by atoms with Crippen LogP contribution in [0, 0.1) is 40.4 Å². The van der Waals surface area contributed by atoms with Gasteiger partial charge in [0.1, 0.15) is 6.17 Å². The van der Waals surface area contributed by atoms with Crippen LogP contribution in [0.2, 0.25) is 0 Å². The average molecular weight is 466 g/mol. The fourth-order valence-electron chi connectivity index (χ4n) is 7.99. The van der Waals surface area contributed by atoms with Crippen LogP contribution in [0.15, 0.2) is 23.8 Å². The third-order valence-corrected chi connectivity index (χ3v) is 9.68. The lowest BCUT2D eigenvalue weighted by Crippen LogP contribution is -2.68. The molecule has 0 bridgehead atoms. The number of allylic oxidation sites excluding steroid dienone is 4. The molecule has 182 valence electrons. The molecule has 6 nitrogen and oxygen atoms in total. The van der Waals surface area contributed by atoms with Gasteiger partial charge >= 0.3 is 5.97 Å². The molecule has 4 saturated carbocycles. The molecule has 0 amide bonds. The highest BCUT2D eigenvalue weighted by Gasteiger charge is 2.73. The van der Waals surface area contributed by atoms with E-state index in [1.165, 1.54) is 17.2 Å². The van der Waals surface area contributed by atoms with Gasteiger partial charge in [0.2, 0.25) is 0 Å². The Labute approximate surface area is 192 Å². The van der Waals surface area contributed by atoms with Gasteiger partial charge in [0.25, 0.3) is 0 Å². The smallest absolute Gasteiger partial charge is 0.307 e. The van der Waals surface area contributed by atoms with Crippen molar-refractivity contribution in [2.24, 2.45) is 40.4 Å². The Morgan fingerprint density at radius 1 is 1.21 bits per heavy atom. The summed E-state index contributed by atoms with van der Waals surface area (Å²) in [6.07, 6.45) is 2.93. The predicted octanol–water partition coefficient (Wildman–Crippen LogP) is 3.33. The molecule has 0 radical (unpaired) electrons. The fraction of sp³-hybridized carbons (Fsp3) is 0.760. The second kappa shape index (κ2) is 7.43. The lowest BCUT2D eigenvalue weighted by molar-refractivity contribution is -0.204. The first-order valence-corrected chi connectivity index (χ1v) is 12.0. The van der Waals surface area contributed by atoms with E-state index < -0.39 is 64.2 Å². The Hall–Kier alpha value is -1.64. The molecule has 0 aliphatic heterocycles. The van der Waals surface area contributed by atoms with Gasteiger partial charge in [-0.2, -0.15) is 5.06 Å². The van der Waals surface area contributed by atoms with Crippen molar-refractivity contribution in [1.29, 1.82) is 0 Å². The number of ketones is 1. The number of carboxylic acid groups (broad SMARTS) is 1. The van der Waals surface area contributed by atoms with Crippen molar-refractivity contribution in [2.45, 2.75) is 63.9 Å². The summed E-state index contributed by atoms with van der Waals surface area (Å²) in [7, 11) is 0. The predicted molar refractivity (Wildman–Crippen MR) is 115 cm³/mol. The normalized spacial score (nSPS) is 48.8. The number of carboxylic acids is 1. The summed E-state index contributed by atoms with van der Waals surface area (Å²) >= 11 is 0. The van der Waals surface area contributed by atoms with Crippen molar-refractivity contribution in [3.8, 4) is 0 Å². The summed E-state index contributed by atoms with van der Waals surface area (Å²) in [5.41, 5.74) is -4.56. The van der Waals surface area contributed by atoms with Crippen molar-refractivity contribution in [2.75, 3.05) is 13.1 Å². The summed E-state index contributed by atoms with van der Waals surface area (Å²) in [4.78, 5) is 24.3. The van der Waals surface area contributed by atoms with Crippen molar-refractivity contribution in [1.82, 2.24) is 5.06 Å². The topological polar surface area (TPSA) is 98.1 Å². The van der Waals surface area contributed by atoms with Gasteiger partial charge in [-0.15, -0.1) is 0 Å². The molecular weight excluding hydrogens is 432 g/mol. The monoisotopic (exact) mass is 465 g/mol. The highest BCUT2D eigenvalue weighted by atomic mass is 19.1. The number of hydrogen-bond donors (Lipinski definition) is 3. The SMILES string of the molecule is C[C@]12C[C@H](O)[C@@]3(F)[C@@H](C[C@H](F)C4=CC(=O)C=C[C@@]43C)C1C[C@@H](CN(O)CC1CC1)[C@@H]2C(=O)O. The lowest BCUT2D eigenvalue weighted by atomic mass is 9.45. The molecule has 0 spiro atoms. The van der Waals surface area contributed by atoms with E-state index in [4.69, 9.17) is 0 Å². The zero-order valence-corrected chi connectivity index (χ0v) is 19.1. The summed E-state index contributed by atoms with van der Waals surface area (Å²) in [6.45, 7) is 3.97. The first kappa shape index (κ1) is 23.1. The van der Waals surface area contributed by atoms with Crippen LogP contribution < -0.4 is 0 Å². The van der Waals surface area contributed by atoms with E-state index >= 15 is 8.78 Å². The van der Waals surface area contributed by atoms with Crippen LogP contribution in [0.4, 0.5) is 8.78 Å². The van der Waals surface area contributed by atoms with Crippen molar-refractivity contribution < 1.29 is 33.8 Å². The molecule has 5 aliphatic carbocycles. The van der Waals surface area contributed by atoms with Crippen LogP contribution in [0.25, 0.3) is 0 Å². The molecule has 3 N–H and O–H groups in total. The van der Waals surface area contributed by atoms with Gasteiger partial charge in [-0.3, -0.25) is 9.59 Å². The third-order valence-electron chi connectivity index (χ3n) is 9.68. The largest absolute Gasteiger partial charge is 0.481 e. The second-order valence-electron chi connectivity index (χ2n) is 11.6. The summed E-state index contributed by atoms with van der Waals surface area (Å²) in [5.74, 6) is -3.66. The number of fused-ring (bicyclic) bond motifs is 5. The number of hydrogen-bond acceptors (Lipinski definition) is 5. The van der Waals surface area contributed by atoms with E-state index in [2.05, 4.69) is 0 Å². The van der Waals surface area contributed by atoms with Gasteiger partial charge in [-0.25, -0.2) is 8.78 Å². The number of halogens is 2. The van der Waals surface area contributed by atoms with Gasteiger partial charge in [-0.1, -0.05) is 13.0 Å². The number of hydroxylamine groups is 2. The molecule has 0 heterocycles. The van der Waals surface area contributed by atoms with Crippen molar-refractivity contribution >= 4 is 11.8 Å². The summed E-state index contributed by atoms with van der Waals surface area (Å²) in [5, 5.41) is 33.0. The zero-order chi connectivity index (χ0) is 23.9. The summed E-state index contributed by atoms with van der Waals surface area (Å²) < 4.78 is 32.5.